The first-order valence-electron chi connectivity index (χ1n) is 11.6. The average Bonchev–Trinajstić information content (AvgIpc) is 3.25. The lowest BCUT2D eigenvalue weighted by Crippen LogP contribution is -2.40. The molecule has 0 aromatic heterocycles. The van der Waals surface area contributed by atoms with E-state index in [-0.39, 0.29) is 0 Å². The Balaban J connectivity index is 1.71. The number of aliphatic imine (C=N–C) groups is 1. The molecule has 2 rings (SSSR count). The van der Waals surface area contributed by atoms with Gasteiger partial charge in [0.1, 0.15) is 0 Å². The van der Waals surface area contributed by atoms with E-state index >= 15 is 0 Å². The molecule has 28 heavy (non-hydrogen) atoms. The van der Waals surface area contributed by atoms with E-state index in [0.29, 0.717) is 12.0 Å². The van der Waals surface area contributed by atoms with Crippen LogP contribution in [0.3, 0.4) is 0 Å². The lowest BCUT2D eigenvalue weighted by molar-refractivity contribution is 0.0169. The molecule has 0 aromatic carbocycles. The summed E-state index contributed by atoms with van der Waals surface area (Å²) in [6, 6.07) is 0. The summed E-state index contributed by atoms with van der Waals surface area (Å²) < 4.78 is 11.2. The van der Waals surface area contributed by atoms with Crippen LogP contribution in [0.1, 0.15) is 58.8 Å². The minimum absolute atomic E-state index is 0.402. The Morgan fingerprint density at radius 1 is 1.11 bits per heavy atom. The first kappa shape index (κ1) is 23.4. The molecule has 1 saturated carbocycles. The number of hydrogen-bond donors (Lipinski definition) is 2. The van der Waals surface area contributed by atoms with E-state index in [4.69, 9.17) is 14.5 Å². The summed E-state index contributed by atoms with van der Waals surface area (Å²) in [5, 5.41) is 6.95. The highest BCUT2D eigenvalue weighted by Gasteiger charge is 2.25. The van der Waals surface area contributed by atoms with Gasteiger partial charge in [-0.05, 0) is 70.9 Å². The topological polar surface area (TPSA) is 58.1 Å². The molecule has 6 heteroatoms. The van der Waals surface area contributed by atoms with Crippen molar-refractivity contribution in [3.8, 4) is 0 Å². The molecule has 0 aromatic rings. The van der Waals surface area contributed by atoms with Crippen LogP contribution in [0.2, 0.25) is 0 Å². The standard InChI is InChI=1S/C22H44N4O2/c1-4-23-22(24-13-10-21(28-5-2)20-8-6-7-9-20)25-18-19-11-14-26(15-12-19)16-17-27-3/h19-21H,4-18H2,1-3H3,(H2,23,24,25). The molecule has 0 spiro atoms. The second-order valence-electron chi connectivity index (χ2n) is 8.25. The number of guanidine groups is 1. The second-order valence-corrected chi connectivity index (χ2v) is 8.25. The first-order valence-corrected chi connectivity index (χ1v) is 11.6. The zero-order chi connectivity index (χ0) is 20.0. The van der Waals surface area contributed by atoms with Crippen molar-refractivity contribution in [3.05, 3.63) is 0 Å². The summed E-state index contributed by atoms with van der Waals surface area (Å²) in [4.78, 5) is 7.38. The molecule has 0 bridgehead atoms. The number of methoxy groups -OCH3 is 1. The Hall–Kier alpha value is -0.850. The zero-order valence-corrected chi connectivity index (χ0v) is 18.5. The van der Waals surface area contributed by atoms with Crippen LogP contribution in [0.15, 0.2) is 4.99 Å². The SMILES string of the molecule is CCNC(=NCC1CCN(CCOC)CC1)NCCC(OCC)C1CCCC1. The van der Waals surface area contributed by atoms with Gasteiger partial charge in [-0.2, -0.15) is 0 Å². The van der Waals surface area contributed by atoms with Crippen molar-refractivity contribution < 1.29 is 9.47 Å². The van der Waals surface area contributed by atoms with Crippen molar-refractivity contribution in [2.24, 2.45) is 16.8 Å². The molecule has 6 nitrogen and oxygen atoms in total. The molecule has 2 aliphatic rings. The molecular weight excluding hydrogens is 352 g/mol. The van der Waals surface area contributed by atoms with Gasteiger partial charge in [0.05, 0.1) is 12.7 Å². The number of nitrogens with zero attached hydrogens (tertiary/aromatic N) is 2. The van der Waals surface area contributed by atoms with Gasteiger partial charge in [-0.15, -0.1) is 0 Å². The van der Waals surface area contributed by atoms with Gasteiger partial charge in [-0.1, -0.05) is 12.8 Å². The molecule has 0 amide bonds. The fraction of sp³-hybridized carbons (Fsp3) is 0.955. The van der Waals surface area contributed by atoms with Gasteiger partial charge >= 0.3 is 0 Å². The summed E-state index contributed by atoms with van der Waals surface area (Å²) in [5.74, 6) is 2.42. The van der Waals surface area contributed by atoms with E-state index < -0.39 is 0 Å². The molecule has 1 aliphatic carbocycles. The van der Waals surface area contributed by atoms with Gasteiger partial charge in [0.15, 0.2) is 5.96 Å². The number of ether oxygens (including phenoxy) is 2. The fourth-order valence-electron chi connectivity index (χ4n) is 4.51. The Kier molecular flexibility index (Phi) is 11.9. The minimum Gasteiger partial charge on any atom is -0.383 e. The van der Waals surface area contributed by atoms with Crippen LogP contribution in [0.25, 0.3) is 0 Å². The first-order chi connectivity index (χ1) is 13.8. The van der Waals surface area contributed by atoms with E-state index in [2.05, 4.69) is 29.4 Å². The Morgan fingerprint density at radius 2 is 1.86 bits per heavy atom. The molecule has 1 saturated heterocycles. The summed E-state index contributed by atoms with van der Waals surface area (Å²) in [6.45, 7) is 12.1. The van der Waals surface area contributed by atoms with Crippen LogP contribution >= 0.6 is 0 Å². The predicted octanol–water partition coefficient (Wildman–Crippen LogP) is 2.89. The summed E-state index contributed by atoms with van der Waals surface area (Å²) in [6.07, 6.45) is 9.36. The second kappa shape index (κ2) is 14.2. The Morgan fingerprint density at radius 3 is 2.50 bits per heavy atom. The van der Waals surface area contributed by atoms with Gasteiger partial charge in [0.25, 0.3) is 0 Å². The van der Waals surface area contributed by atoms with Crippen LogP contribution < -0.4 is 10.6 Å². The highest BCUT2D eigenvalue weighted by atomic mass is 16.5. The molecule has 1 atom stereocenters. The maximum atomic E-state index is 6.05. The van der Waals surface area contributed by atoms with E-state index in [0.717, 1.165) is 57.7 Å². The maximum Gasteiger partial charge on any atom is 0.191 e. The lowest BCUT2D eigenvalue weighted by Gasteiger charge is -2.31. The monoisotopic (exact) mass is 396 g/mol. The van der Waals surface area contributed by atoms with E-state index in [1.807, 2.05) is 0 Å². The predicted molar refractivity (Wildman–Crippen MR) is 117 cm³/mol. The largest absolute Gasteiger partial charge is 0.383 e. The van der Waals surface area contributed by atoms with Gasteiger partial charge < -0.3 is 25.0 Å². The van der Waals surface area contributed by atoms with Gasteiger partial charge in [0.2, 0.25) is 0 Å². The zero-order valence-electron chi connectivity index (χ0n) is 18.5. The Labute approximate surface area is 172 Å². The smallest absolute Gasteiger partial charge is 0.191 e. The maximum absolute atomic E-state index is 6.05. The number of rotatable bonds is 12. The quantitative estimate of drug-likeness (QED) is 0.392. The molecular formula is C22H44N4O2. The van der Waals surface area contributed by atoms with Crippen LogP contribution in [-0.2, 0) is 9.47 Å². The Bertz CT molecular complexity index is 419. The molecule has 1 aliphatic heterocycles. The summed E-state index contributed by atoms with van der Waals surface area (Å²) in [7, 11) is 1.78. The van der Waals surface area contributed by atoms with Crippen LogP contribution in [0.5, 0.6) is 0 Å². The van der Waals surface area contributed by atoms with Crippen molar-refractivity contribution in [3.63, 3.8) is 0 Å². The van der Waals surface area contributed by atoms with E-state index in [9.17, 15) is 0 Å². The van der Waals surface area contributed by atoms with E-state index in [1.165, 1.54) is 51.6 Å². The molecule has 2 N–H and O–H groups in total. The summed E-state index contributed by atoms with van der Waals surface area (Å²) in [5.41, 5.74) is 0. The van der Waals surface area contributed by atoms with Crippen molar-refractivity contribution in [1.29, 1.82) is 0 Å². The molecule has 1 unspecified atom stereocenters. The highest BCUT2D eigenvalue weighted by Crippen LogP contribution is 2.30. The van der Waals surface area contributed by atoms with Gasteiger partial charge in [0, 0.05) is 39.9 Å². The third kappa shape index (κ3) is 8.66. The van der Waals surface area contributed by atoms with Crippen molar-refractivity contribution in [2.75, 3.05) is 59.6 Å². The lowest BCUT2D eigenvalue weighted by atomic mass is 9.97. The van der Waals surface area contributed by atoms with Crippen LogP contribution in [0.4, 0.5) is 0 Å². The highest BCUT2D eigenvalue weighted by molar-refractivity contribution is 5.79. The molecule has 164 valence electrons. The van der Waals surface area contributed by atoms with Gasteiger partial charge in [-0.25, -0.2) is 0 Å². The van der Waals surface area contributed by atoms with Crippen molar-refractivity contribution >= 4 is 5.96 Å². The third-order valence-electron chi connectivity index (χ3n) is 6.20. The third-order valence-corrected chi connectivity index (χ3v) is 6.20. The van der Waals surface area contributed by atoms with Crippen LogP contribution in [-0.4, -0.2) is 76.6 Å². The van der Waals surface area contributed by atoms with Crippen molar-refractivity contribution in [2.45, 2.75) is 64.9 Å². The molecule has 2 fully saturated rings. The van der Waals surface area contributed by atoms with E-state index in [1.54, 1.807) is 7.11 Å². The molecule has 1 heterocycles. The number of piperidine rings is 1. The normalized spacial score (nSPS) is 21.2. The number of hydrogen-bond acceptors (Lipinski definition) is 4. The summed E-state index contributed by atoms with van der Waals surface area (Å²) >= 11 is 0. The fourth-order valence-corrected chi connectivity index (χ4v) is 4.51. The van der Waals surface area contributed by atoms with Crippen molar-refractivity contribution in [1.82, 2.24) is 15.5 Å². The minimum atomic E-state index is 0.402. The van der Waals surface area contributed by atoms with Crippen LogP contribution in [0, 0.1) is 11.8 Å². The molecule has 0 radical (unpaired) electrons. The van der Waals surface area contributed by atoms with Gasteiger partial charge in [-0.3, -0.25) is 4.99 Å². The number of likely N-dealkylation sites (tertiary alicyclic amines) is 1. The number of nitrogens with one attached hydrogen (secondary N) is 2. The average molecular weight is 397 g/mol.